The van der Waals surface area contributed by atoms with E-state index in [4.69, 9.17) is 0 Å². The van der Waals surface area contributed by atoms with Crippen LogP contribution in [0.2, 0.25) is 0 Å². The first-order chi connectivity index (χ1) is 20.8. The third kappa shape index (κ3) is 4.53. The number of ketones is 4. The molecule has 0 radical (unpaired) electrons. The summed E-state index contributed by atoms with van der Waals surface area (Å²) in [7, 11) is 0. The first kappa shape index (κ1) is 28.7. The van der Waals surface area contributed by atoms with Crippen molar-refractivity contribution in [1.82, 2.24) is 0 Å². The van der Waals surface area contributed by atoms with E-state index in [0.29, 0.717) is 0 Å². The Morgan fingerprint density at radius 2 is 0.750 bits per heavy atom. The summed E-state index contributed by atoms with van der Waals surface area (Å²) in [6.07, 6.45) is 0. The molecule has 0 bridgehead atoms. The number of nitrogens with zero attached hydrogens (tertiary/aromatic N) is 4. The first-order valence-electron chi connectivity index (χ1n) is 12.1. The van der Waals surface area contributed by atoms with Crippen molar-refractivity contribution in [2.75, 3.05) is 0 Å². The Morgan fingerprint density at radius 1 is 0.386 bits per heavy atom. The molecule has 0 aliphatic heterocycles. The lowest BCUT2D eigenvalue weighted by atomic mass is 9.83. The van der Waals surface area contributed by atoms with E-state index in [1.165, 1.54) is 30.3 Å². The third-order valence-electron chi connectivity index (χ3n) is 6.83. The Balaban J connectivity index is 0.000000175. The van der Waals surface area contributed by atoms with Crippen molar-refractivity contribution >= 4 is 45.9 Å². The van der Waals surface area contributed by atoms with Crippen molar-refractivity contribution < 1.29 is 38.9 Å². The van der Waals surface area contributed by atoms with Crippen molar-refractivity contribution in [2.24, 2.45) is 0 Å². The monoisotopic (exact) mass is 596 g/mol. The predicted octanol–water partition coefficient (Wildman–Crippen LogP) is 4.56. The normalized spacial score (nSPS) is 12.5. The number of benzene rings is 4. The van der Waals surface area contributed by atoms with Gasteiger partial charge in [0.2, 0.25) is 11.6 Å². The average Bonchev–Trinajstić information content (AvgIpc) is 3.01. The van der Waals surface area contributed by atoms with Gasteiger partial charge in [-0.3, -0.25) is 59.6 Å². The molecule has 0 heterocycles. The van der Waals surface area contributed by atoms with Crippen LogP contribution in [0.15, 0.2) is 72.8 Å². The third-order valence-corrected chi connectivity index (χ3v) is 6.83. The minimum absolute atomic E-state index is 0.00333. The van der Waals surface area contributed by atoms with Crippen LogP contribution in [0.25, 0.3) is 0 Å². The van der Waals surface area contributed by atoms with E-state index >= 15 is 0 Å². The van der Waals surface area contributed by atoms with Crippen molar-refractivity contribution in [3.63, 3.8) is 0 Å². The first-order valence-corrected chi connectivity index (χ1v) is 12.1. The summed E-state index contributed by atoms with van der Waals surface area (Å²) in [5.41, 5.74) is -2.81. The number of hydrogen-bond donors (Lipinski definition) is 0. The molecular formula is C28H12N4O12. The minimum Gasteiger partial charge on any atom is -0.289 e. The number of carbonyl (C=O) groups excluding carboxylic acids is 4. The zero-order valence-electron chi connectivity index (χ0n) is 21.6. The topological polar surface area (TPSA) is 241 Å². The van der Waals surface area contributed by atoms with Crippen LogP contribution in [-0.2, 0) is 0 Å². The fourth-order valence-corrected chi connectivity index (χ4v) is 4.86. The molecule has 0 atom stereocenters. The van der Waals surface area contributed by atoms with E-state index in [-0.39, 0.29) is 55.9 Å². The molecule has 16 nitrogen and oxygen atoms in total. The van der Waals surface area contributed by atoms with Crippen LogP contribution in [-0.4, -0.2) is 42.8 Å². The van der Waals surface area contributed by atoms with Gasteiger partial charge in [0.25, 0.3) is 22.7 Å². The van der Waals surface area contributed by atoms with E-state index in [0.717, 1.165) is 42.5 Å². The van der Waals surface area contributed by atoms with Crippen LogP contribution in [0.3, 0.4) is 0 Å². The molecule has 2 aliphatic rings. The van der Waals surface area contributed by atoms with Gasteiger partial charge in [0, 0.05) is 69.8 Å². The fourth-order valence-electron chi connectivity index (χ4n) is 4.86. The number of non-ortho nitro benzene ring substituents is 2. The summed E-state index contributed by atoms with van der Waals surface area (Å²) < 4.78 is 0. The molecule has 2 aliphatic carbocycles. The number of nitro groups is 4. The van der Waals surface area contributed by atoms with Gasteiger partial charge in [-0.1, -0.05) is 12.1 Å². The molecule has 0 unspecified atom stereocenters. The molecule has 0 aromatic heterocycles. The second kappa shape index (κ2) is 10.5. The number of fused-ring (bicyclic) bond motifs is 4. The maximum Gasteiger partial charge on any atom is 0.281 e. The van der Waals surface area contributed by atoms with Crippen molar-refractivity contribution in [3.8, 4) is 0 Å². The molecule has 0 fully saturated rings. The summed E-state index contributed by atoms with van der Waals surface area (Å²) in [4.78, 5) is 90.5. The van der Waals surface area contributed by atoms with Crippen molar-refractivity contribution in [3.05, 3.63) is 158 Å². The van der Waals surface area contributed by atoms with Crippen LogP contribution < -0.4 is 0 Å². The summed E-state index contributed by atoms with van der Waals surface area (Å²) in [5, 5.41) is 43.7. The molecule has 0 spiro atoms. The molecule has 16 heteroatoms. The largest absolute Gasteiger partial charge is 0.289 e. The highest BCUT2D eigenvalue weighted by molar-refractivity contribution is 6.30. The van der Waals surface area contributed by atoms with Crippen molar-refractivity contribution in [1.29, 1.82) is 0 Å². The molecular weight excluding hydrogens is 584 g/mol. The van der Waals surface area contributed by atoms with Gasteiger partial charge in [-0.05, 0) is 24.3 Å². The van der Waals surface area contributed by atoms with Gasteiger partial charge in [0.1, 0.15) is 11.1 Å². The summed E-state index contributed by atoms with van der Waals surface area (Å²) >= 11 is 0. The van der Waals surface area contributed by atoms with Crippen LogP contribution in [0.1, 0.15) is 63.7 Å². The van der Waals surface area contributed by atoms with E-state index < -0.39 is 54.2 Å². The summed E-state index contributed by atoms with van der Waals surface area (Å²) in [6, 6.07) is 14.0. The molecule has 0 amide bonds. The standard InChI is InChI=1S/2C14H6N2O6/c17-13-9-2-1-3-11(16(21)22)12(9)14(18)8-5-4-7(15(19)20)6-10(8)13;17-13-8-5-4-7(15(19)20)6-10(8)14(18)12-9(13)2-1-3-11(12)16(21)22/h2*1-6H. The number of hydrogen-bond acceptors (Lipinski definition) is 12. The molecule has 4 aromatic rings. The maximum absolute atomic E-state index is 12.5. The highest BCUT2D eigenvalue weighted by atomic mass is 16.6. The van der Waals surface area contributed by atoms with Gasteiger partial charge in [0.05, 0.1) is 19.7 Å². The Morgan fingerprint density at radius 3 is 1.16 bits per heavy atom. The van der Waals surface area contributed by atoms with Crippen LogP contribution in [0.5, 0.6) is 0 Å². The second-order valence-corrected chi connectivity index (χ2v) is 9.20. The summed E-state index contributed by atoms with van der Waals surface area (Å²) in [6.45, 7) is 0. The lowest BCUT2D eigenvalue weighted by Gasteiger charge is -2.16. The smallest absolute Gasteiger partial charge is 0.281 e. The number of rotatable bonds is 4. The van der Waals surface area contributed by atoms with Crippen LogP contribution in [0, 0.1) is 40.5 Å². The molecule has 0 saturated carbocycles. The van der Waals surface area contributed by atoms with E-state index in [1.54, 1.807) is 0 Å². The minimum atomic E-state index is -0.763. The van der Waals surface area contributed by atoms with Crippen molar-refractivity contribution in [2.45, 2.75) is 0 Å². The Hall–Kier alpha value is -6.84. The Labute approximate surface area is 242 Å². The quantitative estimate of drug-likeness (QED) is 0.201. The molecule has 44 heavy (non-hydrogen) atoms. The van der Waals surface area contributed by atoms with Gasteiger partial charge in [0.15, 0.2) is 11.6 Å². The zero-order valence-corrected chi connectivity index (χ0v) is 21.6. The fraction of sp³-hybridized carbons (Fsp3) is 0. The van der Waals surface area contributed by atoms with Gasteiger partial charge in [-0.15, -0.1) is 0 Å². The highest BCUT2D eigenvalue weighted by Gasteiger charge is 2.37. The van der Waals surface area contributed by atoms with Gasteiger partial charge >= 0.3 is 0 Å². The average molecular weight is 596 g/mol. The van der Waals surface area contributed by atoms with Crippen LogP contribution >= 0.6 is 0 Å². The van der Waals surface area contributed by atoms with E-state index in [2.05, 4.69) is 0 Å². The summed E-state index contributed by atoms with van der Waals surface area (Å²) in [5.74, 6) is -2.66. The molecule has 216 valence electrons. The lowest BCUT2D eigenvalue weighted by molar-refractivity contribution is -0.385. The molecule has 0 saturated heterocycles. The van der Waals surface area contributed by atoms with E-state index in [1.807, 2.05) is 0 Å². The maximum atomic E-state index is 12.5. The molecule has 6 rings (SSSR count). The zero-order chi connectivity index (χ0) is 32.0. The Kier molecular flexibility index (Phi) is 6.86. The van der Waals surface area contributed by atoms with Gasteiger partial charge in [-0.25, -0.2) is 0 Å². The molecule has 4 aromatic carbocycles. The van der Waals surface area contributed by atoms with E-state index in [9.17, 15) is 59.6 Å². The second-order valence-electron chi connectivity index (χ2n) is 9.20. The highest BCUT2D eigenvalue weighted by Crippen LogP contribution is 2.36. The SMILES string of the molecule is O=C1c2cc([N+](=O)[O-])ccc2C(=O)c2c1cccc2[N+](=O)[O-].O=C1c2ccc([N+](=O)[O-])cc2C(=O)c2c1cccc2[N+](=O)[O-]. The number of nitro benzene ring substituents is 4. The van der Waals surface area contributed by atoms with Crippen LogP contribution in [0.4, 0.5) is 22.7 Å². The van der Waals surface area contributed by atoms with Gasteiger partial charge in [-0.2, -0.15) is 0 Å². The van der Waals surface area contributed by atoms with Gasteiger partial charge < -0.3 is 0 Å². The number of carbonyl (C=O) groups is 4. The molecule has 0 N–H and O–H groups in total. The Bertz CT molecular complexity index is 2060. The predicted molar refractivity (Wildman–Crippen MR) is 146 cm³/mol. The lowest BCUT2D eigenvalue weighted by Crippen LogP contribution is -2.22.